The second-order valence-corrected chi connectivity index (χ2v) is 5.39. The first-order chi connectivity index (χ1) is 9.06. The van der Waals surface area contributed by atoms with E-state index >= 15 is 0 Å². The summed E-state index contributed by atoms with van der Waals surface area (Å²) in [5.74, 6) is 0.407. The molecule has 1 aliphatic rings. The van der Waals surface area contributed by atoms with E-state index < -0.39 is 0 Å². The molecular weight excluding hydrogens is 244 g/mol. The monoisotopic (exact) mass is 270 g/mol. The number of carbonyl (C=O) groups is 2. The van der Waals surface area contributed by atoms with Gasteiger partial charge in [0.05, 0.1) is 0 Å². The van der Waals surface area contributed by atoms with E-state index in [0.29, 0.717) is 26.2 Å². The van der Waals surface area contributed by atoms with Gasteiger partial charge in [0.2, 0.25) is 11.8 Å². The number of likely N-dealkylation sites (tertiary alicyclic amines) is 1. The van der Waals surface area contributed by atoms with E-state index in [0.717, 1.165) is 19.3 Å². The Morgan fingerprint density at radius 1 is 1.32 bits per heavy atom. The minimum absolute atomic E-state index is 0.0411. The lowest BCUT2D eigenvalue weighted by Crippen LogP contribution is -2.44. The molecule has 0 radical (unpaired) electrons. The van der Waals surface area contributed by atoms with Crippen molar-refractivity contribution in [2.45, 2.75) is 33.1 Å². The van der Waals surface area contributed by atoms with Crippen molar-refractivity contribution in [3.8, 4) is 0 Å². The van der Waals surface area contributed by atoms with Crippen molar-refractivity contribution < 1.29 is 14.3 Å². The van der Waals surface area contributed by atoms with E-state index in [4.69, 9.17) is 4.74 Å². The Bertz CT molecular complexity index is 297. The normalized spacial score (nSPS) is 16.7. The first-order valence-electron chi connectivity index (χ1n) is 7.11. The Labute approximate surface area is 115 Å². The minimum Gasteiger partial charge on any atom is -0.385 e. The van der Waals surface area contributed by atoms with Crippen LogP contribution in [0.2, 0.25) is 0 Å². The molecule has 5 heteroatoms. The third-order valence-electron chi connectivity index (χ3n) is 3.50. The molecule has 1 rings (SSSR count). The molecule has 0 unspecified atom stereocenters. The van der Waals surface area contributed by atoms with Crippen molar-refractivity contribution in [2.75, 3.05) is 33.4 Å². The van der Waals surface area contributed by atoms with Gasteiger partial charge in [-0.2, -0.15) is 0 Å². The zero-order valence-electron chi connectivity index (χ0n) is 12.3. The standard InChI is InChI=1S/C14H26N2O3/c1-11(2)14(18)16-8-5-12(6-9-16)13(17)15-7-4-10-19-3/h11-12H,4-10H2,1-3H3,(H,15,17). The summed E-state index contributed by atoms with van der Waals surface area (Å²) in [5.41, 5.74) is 0. The third-order valence-corrected chi connectivity index (χ3v) is 3.50. The van der Waals surface area contributed by atoms with Crippen LogP contribution in [0.3, 0.4) is 0 Å². The highest BCUT2D eigenvalue weighted by molar-refractivity contribution is 5.80. The lowest BCUT2D eigenvalue weighted by Gasteiger charge is -2.32. The Balaban J connectivity index is 2.25. The summed E-state index contributed by atoms with van der Waals surface area (Å²) in [5, 5.41) is 2.93. The van der Waals surface area contributed by atoms with Crippen LogP contribution in [0.25, 0.3) is 0 Å². The summed E-state index contributed by atoms with van der Waals surface area (Å²) in [6.45, 7) is 6.56. The lowest BCUT2D eigenvalue weighted by molar-refractivity contribution is -0.138. The molecule has 0 saturated carbocycles. The van der Waals surface area contributed by atoms with E-state index in [9.17, 15) is 9.59 Å². The molecular formula is C14H26N2O3. The summed E-state index contributed by atoms with van der Waals surface area (Å²) in [6, 6.07) is 0. The van der Waals surface area contributed by atoms with Crippen LogP contribution in [0.5, 0.6) is 0 Å². The van der Waals surface area contributed by atoms with Crippen LogP contribution in [0.15, 0.2) is 0 Å². The number of hydrogen-bond donors (Lipinski definition) is 1. The van der Waals surface area contributed by atoms with Gasteiger partial charge in [0.15, 0.2) is 0 Å². The number of methoxy groups -OCH3 is 1. The molecule has 1 aliphatic heterocycles. The molecule has 5 nitrogen and oxygen atoms in total. The van der Waals surface area contributed by atoms with Crippen LogP contribution in [0, 0.1) is 11.8 Å². The molecule has 0 aliphatic carbocycles. The Hall–Kier alpha value is -1.10. The number of hydrogen-bond acceptors (Lipinski definition) is 3. The highest BCUT2D eigenvalue weighted by Gasteiger charge is 2.27. The Kier molecular flexibility index (Phi) is 6.84. The fraction of sp³-hybridized carbons (Fsp3) is 0.857. The average molecular weight is 270 g/mol. The smallest absolute Gasteiger partial charge is 0.225 e. The van der Waals surface area contributed by atoms with Crippen molar-refractivity contribution in [3.63, 3.8) is 0 Å². The zero-order chi connectivity index (χ0) is 14.3. The van der Waals surface area contributed by atoms with Crippen molar-refractivity contribution in [3.05, 3.63) is 0 Å². The summed E-state index contributed by atoms with van der Waals surface area (Å²) in [6.07, 6.45) is 2.38. The predicted octanol–water partition coefficient (Wildman–Crippen LogP) is 1.03. The Morgan fingerprint density at radius 3 is 2.47 bits per heavy atom. The van der Waals surface area contributed by atoms with Gasteiger partial charge in [-0.25, -0.2) is 0 Å². The van der Waals surface area contributed by atoms with E-state index in [1.165, 1.54) is 0 Å². The largest absolute Gasteiger partial charge is 0.385 e. The van der Waals surface area contributed by atoms with Gasteiger partial charge in [0, 0.05) is 45.2 Å². The highest BCUT2D eigenvalue weighted by Crippen LogP contribution is 2.18. The van der Waals surface area contributed by atoms with Gasteiger partial charge in [-0.05, 0) is 19.3 Å². The van der Waals surface area contributed by atoms with Gasteiger partial charge in [-0.1, -0.05) is 13.8 Å². The van der Waals surface area contributed by atoms with E-state index in [1.54, 1.807) is 7.11 Å². The van der Waals surface area contributed by atoms with Gasteiger partial charge in [-0.3, -0.25) is 9.59 Å². The molecule has 1 heterocycles. The van der Waals surface area contributed by atoms with Crippen LogP contribution in [-0.4, -0.2) is 50.1 Å². The second-order valence-electron chi connectivity index (χ2n) is 5.39. The second kappa shape index (κ2) is 8.15. The van der Waals surface area contributed by atoms with Crippen LogP contribution < -0.4 is 5.32 Å². The maximum atomic E-state index is 11.9. The van der Waals surface area contributed by atoms with Gasteiger partial charge >= 0.3 is 0 Å². The molecule has 1 fully saturated rings. The number of piperidine rings is 1. The Morgan fingerprint density at radius 2 is 1.95 bits per heavy atom. The van der Waals surface area contributed by atoms with Crippen molar-refractivity contribution >= 4 is 11.8 Å². The number of carbonyl (C=O) groups excluding carboxylic acids is 2. The molecule has 110 valence electrons. The first-order valence-corrected chi connectivity index (χ1v) is 7.11. The van der Waals surface area contributed by atoms with Crippen LogP contribution >= 0.6 is 0 Å². The van der Waals surface area contributed by atoms with E-state index in [-0.39, 0.29) is 23.7 Å². The molecule has 0 aromatic carbocycles. The minimum atomic E-state index is 0.0411. The van der Waals surface area contributed by atoms with Gasteiger partial charge in [0.1, 0.15) is 0 Å². The number of nitrogens with one attached hydrogen (secondary N) is 1. The molecule has 1 saturated heterocycles. The molecule has 2 amide bonds. The number of rotatable bonds is 6. The quantitative estimate of drug-likeness (QED) is 0.734. The molecule has 0 spiro atoms. The lowest BCUT2D eigenvalue weighted by atomic mass is 9.95. The molecule has 0 aromatic rings. The summed E-state index contributed by atoms with van der Waals surface area (Å²) >= 11 is 0. The van der Waals surface area contributed by atoms with E-state index in [2.05, 4.69) is 5.32 Å². The van der Waals surface area contributed by atoms with Gasteiger partial charge in [0.25, 0.3) is 0 Å². The van der Waals surface area contributed by atoms with Crippen LogP contribution in [-0.2, 0) is 14.3 Å². The maximum absolute atomic E-state index is 11.9. The van der Waals surface area contributed by atoms with Crippen molar-refractivity contribution in [2.24, 2.45) is 11.8 Å². The van der Waals surface area contributed by atoms with E-state index in [1.807, 2.05) is 18.7 Å². The van der Waals surface area contributed by atoms with Gasteiger partial charge in [-0.15, -0.1) is 0 Å². The summed E-state index contributed by atoms with van der Waals surface area (Å²) in [4.78, 5) is 25.6. The SMILES string of the molecule is COCCCNC(=O)C1CCN(C(=O)C(C)C)CC1. The molecule has 0 aromatic heterocycles. The molecule has 0 bridgehead atoms. The summed E-state index contributed by atoms with van der Waals surface area (Å²) in [7, 11) is 1.66. The zero-order valence-corrected chi connectivity index (χ0v) is 12.3. The van der Waals surface area contributed by atoms with Crippen molar-refractivity contribution in [1.82, 2.24) is 10.2 Å². The molecule has 1 N–H and O–H groups in total. The highest BCUT2D eigenvalue weighted by atomic mass is 16.5. The van der Waals surface area contributed by atoms with Crippen molar-refractivity contribution in [1.29, 1.82) is 0 Å². The third kappa shape index (κ3) is 5.19. The fourth-order valence-electron chi connectivity index (χ4n) is 2.30. The molecule has 0 atom stereocenters. The predicted molar refractivity (Wildman–Crippen MR) is 73.6 cm³/mol. The number of nitrogens with zero attached hydrogens (tertiary/aromatic N) is 1. The average Bonchev–Trinajstić information content (AvgIpc) is 2.42. The topological polar surface area (TPSA) is 58.6 Å². The first kappa shape index (κ1) is 16.0. The maximum Gasteiger partial charge on any atom is 0.225 e. The van der Waals surface area contributed by atoms with Crippen LogP contribution in [0.1, 0.15) is 33.1 Å². The summed E-state index contributed by atoms with van der Waals surface area (Å²) < 4.78 is 4.94. The van der Waals surface area contributed by atoms with Gasteiger partial charge < -0.3 is 15.0 Å². The fourth-order valence-corrected chi connectivity index (χ4v) is 2.30. The number of amides is 2. The number of ether oxygens (including phenoxy) is 1. The van der Waals surface area contributed by atoms with Crippen LogP contribution in [0.4, 0.5) is 0 Å². The molecule has 19 heavy (non-hydrogen) atoms.